The summed E-state index contributed by atoms with van der Waals surface area (Å²) in [5, 5.41) is 15.8. The van der Waals surface area contributed by atoms with Crippen LogP contribution in [-0.4, -0.2) is 16.2 Å². The molecule has 1 amide bonds. The van der Waals surface area contributed by atoms with E-state index in [0.717, 1.165) is 16.0 Å². The van der Waals surface area contributed by atoms with Gasteiger partial charge in [-0.05, 0) is 23.3 Å². The lowest BCUT2D eigenvalue weighted by Crippen LogP contribution is -2.23. The van der Waals surface area contributed by atoms with Gasteiger partial charge in [-0.15, -0.1) is 11.3 Å². The molecular formula is C16H13ClN2O3S. The van der Waals surface area contributed by atoms with Crippen LogP contribution in [0.25, 0.3) is 10.6 Å². The Morgan fingerprint density at radius 2 is 2.04 bits per heavy atom. The molecule has 0 atom stereocenters. The smallest absolute Gasteiger partial charge is 0.273 e. The van der Waals surface area contributed by atoms with Gasteiger partial charge in [-0.2, -0.15) is 0 Å². The molecule has 0 aliphatic heterocycles. The second-order valence-electron chi connectivity index (χ2n) is 4.79. The molecule has 3 aromatic rings. The lowest BCUT2D eigenvalue weighted by atomic mass is 10.1. The summed E-state index contributed by atoms with van der Waals surface area (Å²) in [5.41, 5.74) is 1.84. The van der Waals surface area contributed by atoms with Gasteiger partial charge >= 0.3 is 0 Å². The van der Waals surface area contributed by atoms with Crippen molar-refractivity contribution in [3.05, 3.63) is 63.6 Å². The number of amides is 1. The van der Waals surface area contributed by atoms with Crippen LogP contribution in [-0.2, 0) is 13.2 Å². The van der Waals surface area contributed by atoms with Crippen molar-refractivity contribution >= 4 is 28.8 Å². The van der Waals surface area contributed by atoms with Crippen molar-refractivity contribution in [3.63, 3.8) is 0 Å². The monoisotopic (exact) mass is 348 g/mol. The van der Waals surface area contributed by atoms with Gasteiger partial charge in [-0.25, -0.2) is 0 Å². The van der Waals surface area contributed by atoms with E-state index in [1.54, 1.807) is 12.1 Å². The van der Waals surface area contributed by atoms with Crippen molar-refractivity contribution in [1.29, 1.82) is 0 Å². The summed E-state index contributed by atoms with van der Waals surface area (Å²) >= 11 is 7.24. The zero-order chi connectivity index (χ0) is 16.2. The maximum atomic E-state index is 12.1. The minimum atomic E-state index is -0.338. The summed E-state index contributed by atoms with van der Waals surface area (Å²) in [6.07, 6.45) is 0. The topological polar surface area (TPSA) is 75.4 Å². The Morgan fingerprint density at radius 3 is 2.74 bits per heavy atom. The van der Waals surface area contributed by atoms with Crippen LogP contribution in [0.1, 0.15) is 21.6 Å². The van der Waals surface area contributed by atoms with Crippen LogP contribution in [0.3, 0.4) is 0 Å². The minimum Gasteiger partial charge on any atom is -0.392 e. The summed E-state index contributed by atoms with van der Waals surface area (Å²) < 4.78 is 5.82. The first kappa shape index (κ1) is 15.7. The maximum Gasteiger partial charge on any atom is 0.273 e. The standard InChI is InChI=1S/C16H13ClN2O3S/c17-15-6-5-14(23-15)13-7-12(19-22-13)16(21)18-8-10-3-1-2-4-11(10)9-20/h1-7,20H,8-9H2,(H,18,21). The summed E-state index contributed by atoms with van der Waals surface area (Å²) in [7, 11) is 0. The lowest BCUT2D eigenvalue weighted by Gasteiger charge is -2.07. The fourth-order valence-corrected chi connectivity index (χ4v) is 3.09. The third kappa shape index (κ3) is 3.61. The van der Waals surface area contributed by atoms with E-state index in [1.165, 1.54) is 11.3 Å². The molecule has 0 aliphatic carbocycles. The zero-order valence-corrected chi connectivity index (χ0v) is 13.5. The molecule has 3 rings (SSSR count). The van der Waals surface area contributed by atoms with Gasteiger partial charge < -0.3 is 14.9 Å². The summed E-state index contributed by atoms with van der Waals surface area (Å²) in [6, 6.07) is 12.5. The van der Waals surface area contributed by atoms with E-state index in [9.17, 15) is 9.90 Å². The summed E-state index contributed by atoms with van der Waals surface area (Å²) in [4.78, 5) is 13.0. The molecule has 118 valence electrons. The molecule has 2 N–H and O–H groups in total. The normalized spacial score (nSPS) is 10.7. The second kappa shape index (κ2) is 6.95. The first-order chi connectivity index (χ1) is 11.2. The predicted octanol–water partition coefficient (Wildman–Crippen LogP) is 3.48. The van der Waals surface area contributed by atoms with E-state index < -0.39 is 0 Å². The molecule has 0 radical (unpaired) electrons. The average molecular weight is 349 g/mol. The molecule has 0 saturated heterocycles. The van der Waals surface area contributed by atoms with Crippen molar-refractivity contribution in [2.45, 2.75) is 13.2 Å². The number of halogens is 1. The SMILES string of the molecule is O=C(NCc1ccccc1CO)c1cc(-c2ccc(Cl)s2)on1. The second-order valence-corrected chi connectivity index (χ2v) is 6.50. The third-order valence-electron chi connectivity index (χ3n) is 3.29. The van der Waals surface area contributed by atoms with Crippen molar-refractivity contribution in [1.82, 2.24) is 10.5 Å². The number of aromatic nitrogens is 1. The van der Waals surface area contributed by atoms with E-state index in [0.29, 0.717) is 16.6 Å². The van der Waals surface area contributed by atoms with Gasteiger partial charge in [0, 0.05) is 12.6 Å². The molecule has 1 aromatic carbocycles. The molecule has 2 aromatic heterocycles. The highest BCUT2D eigenvalue weighted by molar-refractivity contribution is 7.19. The third-order valence-corrected chi connectivity index (χ3v) is 4.53. The Kier molecular flexibility index (Phi) is 4.76. The van der Waals surface area contributed by atoms with Gasteiger partial charge in [-0.1, -0.05) is 41.0 Å². The Morgan fingerprint density at radius 1 is 1.26 bits per heavy atom. The van der Waals surface area contributed by atoms with E-state index >= 15 is 0 Å². The maximum absolute atomic E-state index is 12.1. The summed E-state index contributed by atoms with van der Waals surface area (Å²) in [5.74, 6) is 0.165. The Labute approximate surface area is 141 Å². The van der Waals surface area contributed by atoms with Crippen molar-refractivity contribution in [2.24, 2.45) is 0 Å². The number of carbonyl (C=O) groups excluding carboxylic acids is 1. The van der Waals surface area contributed by atoms with Gasteiger partial charge in [0.1, 0.15) is 0 Å². The number of carbonyl (C=O) groups is 1. The molecular weight excluding hydrogens is 336 g/mol. The first-order valence-corrected chi connectivity index (χ1v) is 8.05. The molecule has 2 heterocycles. The minimum absolute atomic E-state index is 0.0701. The molecule has 0 unspecified atom stereocenters. The largest absolute Gasteiger partial charge is 0.392 e. The zero-order valence-electron chi connectivity index (χ0n) is 12.0. The predicted molar refractivity (Wildman–Crippen MR) is 88.4 cm³/mol. The molecule has 5 nitrogen and oxygen atoms in total. The van der Waals surface area contributed by atoms with Crippen LogP contribution in [0.4, 0.5) is 0 Å². The van der Waals surface area contributed by atoms with Gasteiger partial charge in [-0.3, -0.25) is 4.79 Å². The lowest BCUT2D eigenvalue weighted by molar-refractivity contribution is 0.0941. The van der Waals surface area contributed by atoms with Crippen LogP contribution >= 0.6 is 22.9 Å². The van der Waals surface area contributed by atoms with Crippen molar-refractivity contribution < 1.29 is 14.4 Å². The number of thiophene rings is 1. The van der Waals surface area contributed by atoms with E-state index in [1.807, 2.05) is 30.3 Å². The van der Waals surface area contributed by atoms with Gasteiger partial charge in [0.2, 0.25) is 0 Å². The highest BCUT2D eigenvalue weighted by Gasteiger charge is 2.15. The molecule has 0 fully saturated rings. The molecule has 0 saturated carbocycles. The molecule has 0 bridgehead atoms. The van der Waals surface area contributed by atoms with Crippen LogP contribution in [0.2, 0.25) is 4.34 Å². The van der Waals surface area contributed by atoms with E-state index in [4.69, 9.17) is 16.1 Å². The van der Waals surface area contributed by atoms with E-state index in [2.05, 4.69) is 10.5 Å². The molecule has 7 heteroatoms. The first-order valence-electron chi connectivity index (χ1n) is 6.85. The summed E-state index contributed by atoms with van der Waals surface area (Å²) in [6.45, 7) is 0.238. The Bertz CT molecular complexity index is 828. The Hall–Kier alpha value is -2.15. The quantitative estimate of drug-likeness (QED) is 0.740. The number of nitrogens with one attached hydrogen (secondary N) is 1. The highest BCUT2D eigenvalue weighted by Crippen LogP contribution is 2.31. The number of aliphatic hydroxyl groups is 1. The van der Waals surface area contributed by atoms with Crippen molar-refractivity contribution in [2.75, 3.05) is 0 Å². The van der Waals surface area contributed by atoms with Crippen molar-refractivity contribution in [3.8, 4) is 10.6 Å². The fourth-order valence-electron chi connectivity index (χ4n) is 2.10. The number of hydrogen-bond acceptors (Lipinski definition) is 5. The Balaban J connectivity index is 1.68. The number of aliphatic hydroxyl groups excluding tert-OH is 1. The number of nitrogens with zero attached hydrogens (tertiary/aromatic N) is 1. The fraction of sp³-hybridized carbons (Fsp3) is 0.125. The van der Waals surface area contributed by atoms with Crippen LogP contribution in [0.15, 0.2) is 47.0 Å². The number of benzene rings is 1. The molecule has 0 spiro atoms. The number of rotatable bonds is 5. The van der Waals surface area contributed by atoms with Gasteiger partial charge in [0.15, 0.2) is 11.5 Å². The van der Waals surface area contributed by atoms with Crippen LogP contribution in [0.5, 0.6) is 0 Å². The molecule has 0 aliphatic rings. The number of hydrogen-bond donors (Lipinski definition) is 2. The van der Waals surface area contributed by atoms with Gasteiger partial charge in [0.25, 0.3) is 5.91 Å². The molecule has 23 heavy (non-hydrogen) atoms. The highest BCUT2D eigenvalue weighted by atomic mass is 35.5. The average Bonchev–Trinajstić information content (AvgIpc) is 3.21. The van der Waals surface area contributed by atoms with Crippen LogP contribution < -0.4 is 5.32 Å². The van der Waals surface area contributed by atoms with E-state index in [-0.39, 0.29) is 18.2 Å². The van der Waals surface area contributed by atoms with Gasteiger partial charge in [0.05, 0.1) is 15.8 Å². The van der Waals surface area contributed by atoms with Crippen LogP contribution in [0, 0.1) is 0 Å².